The fourth-order valence-corrected chi connectivity index (χ4v) is 4.95. The molecule has 5 rings (SSSR count). The number of hydrogen-bond acceptors (Lipinski definition) is 6. The zero-order valence-corrected chi connectivity index (χ0v) is 18.8. The van der Waals surface area contributed by atoms with Crippen molar-refractivity contribution >= 4 is 51.0 Å². The third-order valence-corrected chi connectivity index (χ3v) is 6.38. The van der Waals surface area contributed by atoms with Gasteiger partial charge in [-0.05, 0) is 44.0 Å². The highest BCUT2D eigenvalue weighted by molar-refractivity contribution is 7.22. The number of anilines is 1. The van der Waals surface area contributed by atoms with Gasteiger partial charge < -0.3 is 25.1 Å². The summed E-state index contributed by atoms with van der Waals surface area (Å²) in [5.74, 6) is -0.623. The van der Waals surface area contributed by atoms with Crippen LogP contribution in [0, 0.1) is 0 Å². The lowest BCUT2D eigenvalue weighted by atomic mass is 9.97. The van der Waals surface area contributed by atoms with E-state index in [9.17, 15) is 9.59 Å². The Hall–Kier alpha value is -2.23. The van der Waals surface area contributed by atoms with E-state index in [0.717, 1.165) is 32.1 Å². The maximum atomic E-state index is 12.3. The first-order valence-electron chi connectivity index (χ1n) is 9.95. The second kappa shape index (κ2) is 8.72. The third kappa shape index (κ3) is 4.83. The topological polar surface area (TPSA) is 97.7 Å². The van der Waals surface area contributed by atoms with Gasteiger partial charge in [-0.25, -0.2) is 0 Å². The van der Waals surface area contributed by atoms with Crippen LogP contribution in [0.25, 0.3) is 10.2 Å². The van der Waals surface area contributed by atoms with Gasteiger partial charge >= 0.3 is 0 Å². The number of thiophene rings is 1. The smallest absolute Gasteiger partial charge is 0.244 e. The molecule has 2 aliphatic heterocycles. The van der Waals surface area contributed by atoms with Crippen LogP contribution in [0.4, 0.5) is 5.69 Å². The Morgan fingerprint density at radius 3 is 2.81 bits per heavy atom. The minimum atomic E-state index is -0.578. The van der Waals surface area contributed by atoms with E-state index in [1.54, 1.807) is 11.0 Å². The van der Waals surface area contributed by atoms with E-state index in [1.807, 2.05) is 44.2 Å². The standard InChI is InChI=1S/C15H20N2O3.C7H4ClNOS/c1-15(2)19-9-11(20-15)8-17-13-6-4-3-5-10(13)7-12(16)14(17)18;8-6-2-4-1-5(3-10)9-7(4)11-6/h3-6,11-12H,7-9,16H2,1-2H3;1-3,9H. The maximum absolute atomic E-state index is 12.3. The van der Waals surface area contributed by atoms with E-state index < -0.39 is 11.8 Å². The molecule has 1 fully saturated rings. The summed E-state index contributed by atoms with van der Waals surface area (Å²) in [7, 11) is 0. The molecule has 4 heterocycles. The van der Waals surface area contributed by atoms with Crippen molar-refractivity contribution in [2.75, 3.05) is 18.1 Å². The number of carbonyl (C=O) groups excluding carboxylic acids is 2. The Morgan fingerprint density at radius 2 is 2.13 bits per heavy atom. The molecule has 0 bridgehead atoms. The molecular formula is C22H24ClN3O4S. The Labute approximate surface area is 189 Å². The van der Waals surface area contributed by atoms with Crippen molar-refractivity contribution in [1.82, 2.24) is 4.98 Å². The highest BCUT2D eigenvalue weighted by Gasteiger charge is 2.37. The number of aldehydes is 1. The van der Waals surface area contributed by atoms with Crippen LogP contribution in [0.1, 0.15) is 29.9 Å². The lowest BCUT2D eigenvalue weighted by Gasteiger charge is -2.34. The molecule has 3 aromatic rings. The number of amides is 1. The molecule has 2 aliphatic rings. The van der Waals surface area contributed by atoms with Gasteiger partial charge in [0.1, 0.15) is 10.9 Å². The van der Waals surface area contributed by atoms with Gasteiger partial charge in [-0.3, -0.25) is 9.59 Å². The highest BCUT2D eigenvalue weighted by Crippen LogP contribution is 2.30. The summed E-state index contributed by atoms with van der Waals surface area (Å²) in [6.07, 6.45) is 1.27. The molecule has 1 aromatic carbocycles. The summed E-state index contributed by atoms with van der Waals surface area (Å²) >= 11 is 7.17. The van der Waals surface area contributed by atoms with Crippen molar-refractivity contribution in [1.29, 1.82) is 0 Å². The molecule has 7 nitrogen and oxygen atoms in total. The molecule has 2 aromatic heterocycles. The van der Waals surface area contributed by atoms with Gasteiger partial charge in [-0.1, -0.05) is 29.8 Å². The Bertz CT molecular complexity index is 1080. The molecule has 2 atom stereocenters. The van der Waals surface area contributed by atoms with Crippen molar-refractivity contribution in [3.63, 3.8) is 0 Å². The molecule has 9 heteroatoms. The Kier molecular flexibility index (Phi) is 6.18. The van der Waals surface area contributed by atoms with Crippen LogP contribution in [0.3, 0.4) is 0 Å². The van der Waals surface area contributed by atoms with Gasteiger partial charge in [-0.2, -0.15) is 0 Å². The third-order valence-electron chi connectivity index (χ3n) is 5.19. The van der Waals surface area contributed by atoms with Gasteiger partial charge in [-0.15, -0.1) is 11.3 Å². The van der Waals surface area contributed by atoms with E-state index >= 15 is 0 Å². The number of H-pyrrole nitrogens is 1. The molecule has 0 aliphatic carbocycles. The Balaban J connectivity index is 0.000000177. The number of benzene rings is 1. The summed E-state index contributed by atoms with van der Waals surface area (Å²) in [6, 6.07) is 11.0. The number of carbonyl (C=O) groups is 2. The highest BCUT2D eigenvalue weighted by atomic mass is 35.5. The first-order valence-corrected chi connectivity index (χ1v) is 11.1. The Morgan fingerprint density at radius 1 is 1.35 bits per heavy atom. The molecule has 0 spiro atoms. The van der Waals surface area contributed by atoms with Crippen molar-refractivity contribution in [2.45, 2.75) is 38.2 Å². The largest absolute Gasteiger partial charge is 0.348 e. The second-order valence-corrected chi connectivity index (χ2v) is 9.70. The van der Waals surface area contributed by atoms with E-state index in [1.165, 1.54) is 11.3 Å². The van der Waals surface area contributed by atoms with E-state index in [-0.39, 0.29) is 12.0 Å². The number of para-hydroxylation sites is 1. The molecule has 31 heavy (non-hydrogen) atoms. The van der Waals surface area contributed by atoms with E-state index in [0.29, 0.717) is 25.3 Å². The summed E-state index contributed by atoms with van der Waals surface area (Å²) < 4.78 is 12.1. The molecule has 0 radical (unpaired) electrons. The van der Waals surface area contributed by atoms with Crippen LogP contribution < -0.4 is 10.6 Å². The molecule has 1 amide bonds. The first kappa shape index (κ1) is 22.0. The van der Waals surface area contributed by atoms with Gasteiger partial charge in [0.25, 0.3) is 0 Å². The number of nitrogens with two attached hydrogens (primary N) is 1. The number of hydrogen-bond donors (Lipinski definition) is 2. The van der Waals surface area contributed by atoms with Crippen LogP contribution >= 0.6 is 22.9 Å². The van der Waals surface area contributed by atoms with Crippen LogP contribution in [0.5, 0.6) is 0 Å². The van der Waals surface area contributed by atoms with Gasteiger partial charge in [0, 0.05) is 11.1 Å². The molecule has 2 unspecified atom stereocenters. The van der Waals surface area contributed by atoms with Crippen LogP contribution in [0.2, 0.25) is 4.34 Å². The summed E-state index contributed by atoms with van der Waals surface area (Å²) in [4.78, 5) is 28.3. The number of halogens is 1. The molecule has 0 saturated carbocycles. The van der Waals surface area contributed by atoms with Gasteiger partial charge in [0.2, 0.25) is 5.91 Å². The van der Waals surface area contributed by atoms with Crippen molar-refractivity contribution in [3.05, 3.63) is 52.0 Å². The van der Waals surface area contributed by atoms with Crippen LogP contribution in [-0.4, -0.2) is 48.3 Å². The fraction of sp³-hybridized carbons (Fsp3) is 0.364. The molecule has 164 valence electrons. The number of nitrogens with zero attached hydrogens (tertiary/aromatic N) is 1. The zero-order valence-electron chi connectivity index (χ0n) is 17.3. The zero-order chi connectivity index (χ0) is 22.2. The molecular weight excluding hydrogens is 438 g/mol. The number of rotatable bonds is 3. The first-order chi connectivity index (χ1) is 14.8. The number of aromatic amines is 1. The quantitative estimate of drug-likeness (QED) is 0.579. The molecule has 3 N–H and O–H groups in total. The number of fused-ring (bicyclic) bond motifs is 2. The van der Waals surface area contributed by atoms with Crippen LogP contribution in [0.15, 0.2) is 36.4 Å². The van der Waals surface area contributed by atoms with Crippen molar-refractivity contribution in [2.24, 2.45) is 5.73 Å². The van der Waals surface area contributed by atoms with Crippen LogP contribution in [-0.2, 0) is 20.7 Å². The van der Waals surface area contributed by atoms with Crippen molar-refractivity contribution < 1.29 is 19.1 Å². The van der Waals surface area contributed by atoms with E-state index in [2.05, 4.69) is 4.98 Å². The number of aromatic nitrogens is 1. The summed E-state index contributed by atoms with van der Waals surface area (Å²) in [6.45, 7) is 4.73. The summed E-state index contributed by atoms with van der Waals surface area (Å²) in [5, 5.41) is 1.00. The number of ether oxygens (including phenoxy) is 2. The lowest BCUT2D eigenvalue weighted by Crippen LogP contribution is -2.51. The normalized spacial score (nSPS) is 22.2. The van der Waals surface area contributed by atoms with Gasteiger partial charge in [0.15, 0.2) is 12.1 Å². The SMILES string of the molecule is CC1(C)OCC(CN2C(=O)C(N)Cc3ccccc32)O1.O=Cc1cc2cc(Cl)sc2[nH]1. The van der Waals surface area contributed by atoms with Gasteiger partial charge in [0.05, 0.1) is 29.2 Å². The average molecular weight is 462 g/mol. The summed E-state index contributed by atoms with van der Waals surface area (Å²) in [5.41, 5.74) is 8.59. The molecule has 1 saturated heterocycles. The number of nitrogens with one attached hydrogen (secondary N) is 1. The monoisotopic (exact) mass is 461 g/mol. The predicted octanol–water partition coefficient (Wildman–Crippen LogP) is 3.75. The lowest BCUT2D eigenvalue weighted by molar-refractivity contribution is -0.138. The average Bonchev–Trinajstić information content (AvgIpc) is 3.37. The van der Waals surface area contributed by atoms with Crippen molar-refractivity contribution in [3.8, 4) is 0 Å². The predicted molar refractivity (Wildman–Crippen MR) is 122 cm³/mol. The fourth-order valence-electron chi connectivity index (χ4n) is 3.81. The van der Waals surface area contributed by atoms with E-state index in [4.69, 9.17) is 26.8 Å². The minimum Gasteiger partial charge on any atom is -0.348 e. The maximum Gasteiger partial charge on any atom is 0.244 e. The second-order valence-electron chi connectivity index (χ2n) is 8.02. The minimum absolute atomic E-state index is 0.0444.